The van der Waals surface area contributed by atoms with E-state index in [4.69, 9.17) is 0 Å². The number of hydrogen-bond acceptors (Lipinski definition) is 4. The molecule has 0 spiro atoms. The summed E-state index contributed by atoms with van der Waals surface area (Å²) in [5, 5.41) is 0.575. The Balaban J connectivity index is 1.21. The van der Waals surface area contributed by atoms with E-state index in [1.807, 2.05) is 0 Å². The number of unbranched alkanes of at least 4 members (excludes halogenated alkanes) is 9. The lowest BCUT2D eigenvalue weighted by atomic mass is 9.77. The third-order valence-corrected chi connectivity index (χ3v) is 8.25. The van der Waals surface area contributed by atoms with Gasteiger partial charge in [-0.2, -0.15) is 0 Å². The predicted octanol–water partition coefficient (Wildman–Crippen LogP) is 8.92. The second kappa shape index (κ2) is 15.2. The molecule has 1 aliphatic carbocycles. The van der Waals surface area contributed by atoms with Gasteiger partial charge in [0.25, 0.3) is 0 Å². The first-order valence-electron chi connectivity index (χ1n) is 15.2. The van der Waals surface area contributed by atoms with Gasteiger partial charge in [0, 0.05) is 30.0 Å². The number of ketones is 1. The second-order valence-corrected chi connectivity index (χ2v) is 11.5. The first-order valence-corrected chi connectivity index (χ1v) is 15.2. The highest BCUT2D eigenvalue weighted by Crippen LogP contribution is 2.34. The molecular formula is C32H44F2N4O. The largest absolute Gasteiger partial charge is 0.345 e. The molecule has 0 saturated heterocycles. The van der Waals surface area contributed by atoms with Crippen molar-refractivity contribution in [3.05, 3.63) is 42.0 Å². The molecular weight excluding hydrogens is 494 g/mol. The van der Waals surface area contributed by atoms with Crippen molar-refractivity contribution in [2.45, 2.75) is 116 Å². The minimum atomic E-state index is -0.443. The number of nitrogens with zero attached hydrogens (tertiary/aromatic N) is 3. The van der Waals surface area contributed by atoms with Gasteiger partial charge in [0.05, 0.1) is 18.1 Å². The molecule has 0 radical (unpaired) electrons. The summed E-state index contributed by atoms with van der Waals surface area (Å²) in [5.74, 6) is 0.572. The van der Waals surface area contributed by atoms with Crippen LogP contribution in [0.25, 0.3) is 22.4 Å². The lowest BCUT2D eigenvalue weighted by Gasteiger charge is -2.28. The monoisotopic (exact) mass is 538 g/mol. The maximum absolute atomic E-state index is 14.7. The number of aromatic amines is 1. The zero-order valence-electron chi connectivity index (χ0n) is 23.5. The van der Waals surface area contributed by atoms with Gasteiger partial charge in [0.1, 0.15) is 17.2 Å². The van der Waals surface area contributed by atoms with Crippen molar-refractivity contribution in [3.63, 3.8) is 0 Å². The lowest BCUT2D eigenvalue weighted by Crippen LogP contribution is -2.21. The topological polar surface area (TPSA) is 71.5 Å². The van der Waals surface area contributed by atoms with E-state index in [0.717, 1.165) is 44.7 Å². The van der Waals surface area contributed by atoms with Crippen molar-refractivity contribution < 1.29 is 13.6 Å². The predicted molar refractivity (Wildman–Crippen MR) is 152 cm³/mol. The highest BCUT2D eigenvalue weighted by Gasteiger charge is 2.26. The van der Waals surface area contributed by atoms with Crippen molar-refractivity contribution in [3.8, 4) is 11.4 Å². The molecule has 1 N–H and O–H groups in total. The van der Waals surface area contributed by atoms with Crippen LogP contribution in [0.3, 0.4) is 0 Å². The van der Waals surface area contributed by atoms with Crippen LogP contribution < -0.4 is 0 Å². The van der Waals surface area contributed by atoms with Gasteiger partial charge in [-0.3, -0.25) is 4.79 Å². The van der Waals surface area contributed by atoms with Gasteiger partial charge in [0.15, 0.2) is 11.6 Å². The average molecular weight is 539 g/mol. The SMILES string of the molecule is CCCCCCCCCCCCC(=O)C[C@@H]1CCC[C@H](Cc2nc(-c3c[nH]c4ncc(F)cc34)ncc2F)C1. The van der Waals surface area contributed by atoms with Crippen LogP contribution in [0, 0.1) is 23.5 Å². The van der Waals surface area contributed by atoms with Gasteiger partial charge in [-0.25, -0.2) is 23.7 Å². The number of hydrogen-bond donors (Lipinski definition) is 1. The van der Waals surface area contributed by atoms with Crippen molar-refractivity contribution in [1.82, 2.24) is 19.9 Å². The number of halogens is 2. The number of carbonyl (C=O) groups is 1. The van der Waals surface area contributed by atoms with Gasteiger partial charge in [-0.15, -0.1) is 0 Å². The van der Waals surface area contributed by atoms with E-state index in [1.54, 1.807) is 6.20 Å². The summed E-state index contributed by atoms with van der Waals surface area (Å²) in [6.07, 6.45) is 22.8. The van der Waals surface area contributed by atoms with Gasteiger partial charge >= 0.3 is 0 Å². The molecule has 7 heteroatoms. The van der Waals surface area contributed by atoms with Gasteiger partial charge < -0.3 is 4.98 Å². The first kappa shape index (κ1) is 29.3. The Morgan fingerprint density at radius 3 is 2.44 bits per heavy atom. The number of carbonyl (C=O) groups excluding carboxylic acids is 1. The summed E-state index contributed by atoms with van der Waals surface area (Å²) in [4.78, 5) is 28.4. The van der Waals surface area contributed by atoms with Crippen LogP contribution in [0.2, 0.25) is 0 Å². The van der Waals surface area contributed by atoms with Gasteiger partial charge in [-0.1, -0.05) is 84.0 Å². The second-order valence-electron chi connectivity index (χ2n) is 11.5. The average Bonchev–Trinajstić information content (AvgIpc) is 3.34. The van der Waals surface area contributed by atoms with Crippen LogP contribution in [-0.2, 0) is 11.2 Å². The van der Waals surface area contributed by atoms with Crippen LogP contribution in [0.5, 0.6) is 0 Å². The molecule has 0 amide bonds. The van der Waals surface area contributed by atoms with E-state index >= 15 is 0 Å². The Kier molecular flexibility index (Phi) is 11.4. The maximum Gasteiger partial charge on any atom is 0.163 e. The van der Waals surface area contributed by atoms with E-state index in [-0.39, 0.29) is 0 Å². The van der Waals surface area contributed by atoms with E-state index in [9.17, 15) is 13.6 Å². The van der Waals surface area contributed by atoms with Crippen molar-refractivity contribution >= 4 is 16.8 Å². The smallest absolute Gasteiger partial charge is 0.163 e. The van der Waals surface area contributed by atoms with Gasteiger partial charge in [0.2, 0.25) is 0 Å². The molecule has 0 unspecified atom stereocenters. The van der Waals surface area contributed by atoms with Crippen molar-refractivity contribution in [2.24, 2.45) is 11.8 Å². The lowest BCUT2D eigenvalue weighted by molar-refractivity contribution is -0.120. The molecule has 5 nitrogen and oxygen atoms in total. The fraction of sp³-hybridized carbons (Fsp3) is 0.625. The fourth-order valence-electron chi connectivity index (χ4n) is 6.12. The molecule has 1 fully saturated rings. The number of aromatic nitrogens is 4. The number of fused-ring (bicyclic) bond motifs is 1. The normalized spacial score (nSPS) is 17.6. The van der Waals surface area contributed by atoms with Crippen LogP contribution >= 0.6 is 0 Å². The Morgan fingerprint density at radius 2 is 1.67 bits per heavy atom. The molecule has 3 aromatic heterocycles. The summed E-state index contributed by atoms with van der Waals surface area (Å²) in [6, 6.07) is 1.39. The molecule has 1 saturated carbocycles. The van der Waals surface area contributed by atoms with Crippen LogP contribution in [-0.4, -0.2) is 25.7 Å². The molecule has 0 aliphatic heterocycles. The Hall–Kier alpha value is -2.70. The number of pyridine rings is 1. The maximum atomic E-state index is 14.7. The molecule has 0 bridgehead atoms. The van der Waals surface area contributed by atoms with Crippen molar-refractivity contribution in [2.75, 3.05) is 0 Å². The van der Waals surface area contributed by atoms with Crippen LogP contribution in [0.15, 0.2) is 24.7 Å². The minimum Gasteiger partial charge on any atom is -0.345 e. The van der Waals surface area contributed by atoms with Crippen LogP contribution in [0.4, 0.5) is 8.78 Å². The van der Waals surface area contributed by atoms with Crippen LogP contribution in [0.1, 0.15) is 115 Å². The van der Waals surface area contributed by atoms with E-state index in [2.05, 4.69) is 26.9 Å². The summed E-state index contributed by atoms with van der Waals surface area (Å²) in [7, 11) is 0. The van der Waals surface area contributed by atoms with Crippen molar-refractivity contribution in [1.29, 1.82) is 0 Å². The number of H-pyrrole nitrogens is 1. The third kappa shape index (κ3) is 8.91. The molecule has 2 atom stereocenters. The molecule has 3 heterocycles. The summed E-state index contributed by atoms with van der Waals surface area (Å²) in [5.41, 5.74) is 1.54. The minimum absolute atomic E-state index is 0.299. The van der Waals surface area contributed by atoms with Gasteiger partial charge in [-0.05, 0) is 37.2 Å². The first-order chi connectivity index (χ1) is 19.0. The number of Topliss-reactive ketones (excluding diaryl/α,β-unsaturated/α-hetero) is 1. The highest BCUT2D eigenvalue weighted by atomic mass is 19.1. The highest BCUT2D eigenvalue weighted by molar-refractivity contribution is 5.91. The molecule has 4 rings (SSSR count). The Morgan fingerprint density at radius 1 is 0.949 bits per heavy atom. The summed E-state index contributed by atoms with van der Waals surface area (Å²) < 4.78 is 28.5. The molecule has 39 heavy (non-hydrogen) atoms. The zero-order valence-corrected chi connectivity index (χ0v) is 23.5. The standard InChI is InChI=1S/C32H44F2N4O/c1-2-3-4-5-6-7-8-9-10-11-15-26(39)17-23-13-12-14-24(16-23)18-30-29(34)22-37-32(38-30)28-21-36-31-27(28)19-25(33)20-35-31/h19-24H,2-18H2,1H3,(H,35,36)/t23-,24+/m1/s1. The summed E-state index contributed by atoms with van der Waals surface area (Å²) >= 11 is 0. The Bertz CT molecular complexity index is 1190. The Labute approximate surface area is 231 Å². The number of rotatable bonds is 16. The molecule has 0 aromatic carbocycles. The molecule has 1 aliphatic rings. The van der Waals surface area contributed by atoms with E-state index in [1.165, 1.54) is 63.6 Å². The fourth-order valence-corrected chi connectivity index (χ4v) is 6.12. The van der Waals surface area contributed by atoms with E-state index < -0.39 is 11.6 Å². The summed E-state index contributed by atoms with van der Waals surface area (Å²) in [6.45, 7) is 2.25. The third-order valence-electron chi connectivity index (χ3n) is 8.25. The molecule has 212 valence electrons. The number of nitrogens with one attached hydrogen (secondary N) is 1. The van der Waals surface area contributed by atoms with E-state index in [0.29, 0.717) is 65.0 Å². The zero-order chi connectivity index (χ0) is 27.5. The quantitative estimate of drug-likeness (QED) is 0.185. The molecule has 3 aromatic rings.